The molecular weight excluding hydrogens is 494 g/mol. The van der Waals surface area contributed by atoms with Gasteiger partial charge in [-0.3, -0.25) is 10.1 Å². The van der Waals surface area contributed by atoms with Gasteiger partial charge in [0.25, 0.3) is 0 Å². The van der Waals surface area contributed by atoms with Crippen molar-refractivity contribution in [3.8, 4) is 34.3 Å². The van der Waals surface area contributed by atoms with Crippen molar-refractivity contribution in [1.82, 2.24) is 4.98 Å². The summed E-state index contributed by atoms with van der Waals surface area (Å²) in [7, 11) is 1.63. The average molecular weight is 520 g/mol. The van der Waals surface area contributed by atoms with Crippen LogP contribution < -0.4 is 10.1 Å². The number of thioether (sulfide) groups is 1. The molecule has 3 aromatic carbocycles. The summed E-state index contributed by atoms with van der Waals surface area (Å²) in [6.07, 6.45) is 0.224. The number of furan rings is 1. The minimum atomic E-state index is -0.239. The van der Waals surface area contributed by atoms with Crippen LogP contribution in [0.3, 0.4) is 0 Å². The van der Waals surface area contributed by atoms with Crippen molar-refractivity contribution in [3.63, 3.8) is 0 Å². The first-order valence-corrected chi connectivity index (χ1v) is 13.1. The molecule has 7 heteroatoms. The van der Waals surface area contributed by atoms with Crippen LogP contribution >= 0.6 is 11.8 Å². The van der Waals surface area contributed by atoms with Gasteiger partial charge in [0.05, 0.1) is 12.1 Å². The first-order valence-electron chi connectivity index (χ1n) is 12.1. The van der Waals surface area contributed by atoms with Crippen molar-refractivity contribution < 1.29 is 13.9 Å². The molecule has 5 rings (SSSR count). The zero-order valence-corrected chi connectivity index (χ0v) is 21.8. The van der Waals surface area contributed by atoms with E-state index in [-0.39, 0.29) is 18.2 Å². The Bertz CT molecular complexity index is 1640. The normalized spacial score (nSPS) is 10.8. The van der Waals surface area contributed by atoms with Crippen LogP contribution in [0, 0.1) is 18.3 Å². The lowest BCUT2D eigenvalue weighted by molar-refractivity contribution is -0.115. The van der Waals surface area contributed by atoms with Crippen LogP contribution in [0.25, 0.3) is 33.4 Å². The molecule has 0 aliphatic carbocycles. The first kappa shape index (κ1) is 25.1. The van der Waals surface area contributed by atoms with E-state index in [2.05, 4.69) is 11.4 Å². The maximum atomic E-state index is 12.9. The van der Waals surface area contributed by atoms with E-state index in [1.807, 2.05) is 91.9 Å². The number of benzene rings is 3. The number of anilines is 1. The van der Waals surface area contributed by atoms with Gasteiger partial charge in [-0.05, 0) is 30.2 Å². The molecule has 0 unspecified atom stereocenters. The summed E-state index contributed by atoms with van der Waals surface area (Å²) < 4.78 is 11.6. The summed E-state index contributed by atoms with van der Waals surface area (Å²) in [4.78, 5) is 17.7. The van der Waals surface area contributed by atoms with Gasteiger partial charge in [-0.15, -0.1) is 11.8 Å². The number of para-hydroxylation sites is 1. The van der Waals surface area contributed by atoms with Crippen LogP contribution in [0.2, 0.25) is 0 Å². The number of carbonyl (C=O) groups is 1. The molecule has 0 radical (unpaired) electrons. The number of nitrogens with zero attached hydrogens (tertiary/aromatic N) is 2. The molecule has 0 atom stereocenters. The Balaban J connectivity index is 1.35. The van der Waals surface area contributed by atoms with E-state index in [0.717, 1.165) is 38.4 Å². The van der Waals surface area contributed by atoms with Crippen molar-refractivity contribution in [2.24, 2.45) is 0 Å². The molecule has 0 bridgehead atoms. The molecule has 5 aromatic rings. The molecule has 0 fully saturated rings. The van der Waals surface area contributed by atoms with Crippen LogP contribution in [0.4, 0.5) is 5.88 Å². The van der Waals surface area contributed by atoms with Crippen molar-refractivity contribution in [2.75, 3.05) is 18.2 Å². The fourth-order valence-corrected chi connectivity index (χ4v) is 5.25. The average Bonchev–Trinajstić information content (AvgIpc) is 3.31. The predicted molar refractivity (Wildman–Crippen MR) is 151 cm³/mol. The third-order valence-electron chi connectivity index (χ3n) is 6.16. The van der Waals surface area contributed by atoms with Crippen LogP contribution in [-0.4, -0.2) is 23.8 Å². The van der Waals surface area contributed by atoms with Gasteiger partial charge in [0.15, 0.2) is 0 Å². The van der Waals surface area contributed by atoms with E-state index < -0.39 is 0 Å². The first-order chi connectivity index (χ1) is 18.6. The minimum absolute atomic E-state index is 0.157. The lowest BCUT2D eigenvalue weighted by Crippen LogP contribution is -2.12. The predicted octanol–water partition coefficient (Wildman–Crippen LogP) is 7.47. The number of methoxy groups -OCH3 is 1. The Labute approximate surface area is 225 Å². The molecule has 0 saturated carbocycles. The number of nitrogens with one attached hydrogen (secondary N) is 1. The number of carbonyl (C=O) groups excluding carboxylic acids is 1. The standard InChI is InChI=1S/C31H25N3O3S/c1-20-18-27(34-29-23(20)14-9-15-25(29)36-2)38-17-16-26(35)33-31-24(19-32)28(21-10-5-3-6-11-21)30(37-31)22-12-7-4-8-13-22/h3-15,18H,16-17H2,1-2H3,(H,33,35). The molecular formula is C31H25N3O3S. The smallest absolute Gasteiger partial charge is 0.227 e. The molecule has 0 aliphatic rings. The van der Waals surface area contributed by atoms with E-state index in [1.165, 1.54) is 11.8 Å². The van der Waals surface area contributed by atoms with E-state index >= 15 is 0 Å². The van der Waals surface area contributed by atoms with Crippen LogP contribution in [0.15, 0.2) is 94.4 Å². The van der Waals surface area contributed by atoms with Gasteiger partial charge >= 0.3 is 0 Å². The second kappa shape index (κ2) is 11.2. The highest BCUT2D eigenvalue weighted by molar-refractivity contribution is 7.99. The number of hydrogen-bond donors (Lipinski definition) is 1. The fourth-order valence-electron chi connectivity index (χ4n) is 4.34. The Morgan fingerprint density at radius 1 is 1.03 bits per heavy atom. The van der Waals surface area contributed by atoms with Crippen LogP contribution in [-0.2, 0) is 4.79 Å². The zero-order valence-electron chi connectivity index (χ0n) is 21.0. The van der Waals surface area contributed by atoms with E-state index in [1.54, 1.807) is 7.11 Å². The maximum Gasteiger partial charge on any atom is 0.227 e. The van der Waals surface area contributed by atoms with Crippen molar-refractivity contribution in [1.29, 1.82) is 5.26 Å². The molecule has 2 aromatic heterocycles. The lowest BCUT2D eigenvalue weighted by Gasteiger charge is -2.09. The largest absolute Gasteiger partial charge is 0.494 e. The van der Waals surface area contributed by atoms with Crippen molar-refractivity contribution in [3.05, 3.63) is 96.1 Å². The lowest BCUT2D eigenvalue weighted by atomic mass is 9.98. The summed E-state index contributed by atoms with van der Waals surface area (Å²) >= 11 is 1.50. The minimum Gasteiger partial charge on any atom is -0.494 e. The monoisotopic (exact) mass is 519 g/mol. The van der Waals surface area contributed by atoms with E-state index in [9.17, 15) is 10.1 Å². The van der Waals surface area contributed by atoms with Crippen LogP contribution in [0.5, 0.6) is 5.75 Å². The number of aromatic nitrogens is 1. The quantitative estimate of drug-likeness (QED) is 0.214. The highest BCUT2D eigenvalue weighted by atomic mass is 32.2. The summed E-state index contributed by atoms with van der Waals surface area (Å²) in [6.45, 7) is 2.04. The number of hydrogen-bond acceptors (Lipinski definition) is 6. The summed E-state index contributed by atoms with van der Waals surface area (Å²) in [6, 6.07) is 29.3. The Morgan fingerprint density at radius 2 is 1.74 bits per heavy atom. The number of fused-ring (bicyclic) bond motifs is 1. The van der Waals surface area contributed by atoms with Gasteiger partial charge in [-0.1, -0.05) is 72.8 Å². The van der Waals surface area contributed by atoms with Gasteiger partial charge in [0.2, 0.25) is 11.8 Å². The molecule has 0 spiro atoms. The van der Waals surface area contributed by atoms with Gasteiger partial charge in [-0.2, -0.15) is 5.26 Å². The number of amides is 1. The Morgan fingerprint density at radius 3 is 2.42 bits per heavy atom. The molecule has 188 valence electrons. The molecule has 38 heavy (non-hydrogen) atoms. The Kier molecular flexibility index (Phi) is 7.43. The van der Waals surface area contributed by atoms with Crippen molar-refractivity contribution in [2.45, 2.75) is 18.4 Å². The van der Waals surface area contributed by atoms with E-state index in [0.29, 0.717) is 22.6 Å². The molecule has 1 amide bonds. The maximum absolute atomic E-state index is 12.9. The SMILES string of the molecule is COc1cccc2c(C)cc(SCCC(=O)Nc3oc(-c4ccccc4)c(-c4ccccc4)c3C#N)nc12. The highest BCUT2D eigenvalue weighted by Gasteiger charge is 2.24. The topological polar surface area (TPSA) is 88.1 Å². The zero-order chi connectivity index (χ0) is 26.5. The number of pyridine rings is 1. The number of nitriles is 1. The van der Waals surface area contributed by atoms with Gasteiger partial charge < -0.3 is 9.15 Å². The Hall–Kier alpha value is -4.54. The second-order valence-electron chi connectivity index (χ2n) is 8.63. The summed E-state index contributed by atoms with van der Waals surface area (Å²) in [5, 5.41) is 14.7. The van der Waals surface area contributed by atoms with Crippen molar-refractivity contribution >= 4 is 34.5 Å². The number of ether oxygens (including phenoxy) is 1. The van der Waals surface area contributed by atoms with E-state index in [4.69, 9.17) is 14.1 Å². The molecule has 0 saturated heterocycles. The third-order valence-corrected chi connectivity index (χ3v) is 7.07. The van der Waals surface area contributed by atoms with Crippen LogP contribution in [0.1, 0.15) is 17.5 Å². The van der Waals surface area contributed by atoms with Gasteiger partial charge in [-0.25, -0.2) is 4.98 Å². The van der Waals surface area contributed by atoms with Gasteiger partial charge in [0, 0.05) is 28.7 Å². The number of aryl methyl sites for hydroxylation is 1. The third kappa shape index (κ3) is 5.13. The van der Waals surface area contributed by atoms with Gasteiger partial charge in [0.1, 0.15) is 28.7 Å². The summed E-state index contributed by atoms with van der Waals surface area (Å²) in [5.41, 5.74) is 4.53. The number of rotatable bonds is 8. The second-order valence-corrected chi connectivity index (χ2v) is 9.75. The highest BCUT2D eigenvalue weighted by Crippen LogP contribution is 2.41. The summed E-state index contributed by atoms with van der Waals surface area (Å²) in [5.74, 6) is 1.69. The fraction of sp³-hybridized carbons (Fsp3) is 0.129. The molecule has 2 heterocycles. The molecule has 6 nitrogen and oxygen atoms in total. The molecule has 1 N–H and O–H groups in total. The molecule has 0 aliphatic heterocycles.